The third-order valence-electron chi connectivity index (χ3n) is 5.71. The van der Waals surface area contributed by atoms with Gasteiger partial charge in [0.2, 0.25) is 5.91 Å². The van der Waals surface area contributed by atoms with Gasteiger partial charge in [-0.15, -0.1) is 0 Å². The Bertz CT molecular complexity index is 1190. The van der Waals surface area contributed by atoms with Gasteiger partial charge in [0, 0.05) is 24.7 Å². The minimum absolute atomic E-state index is 0.0293. The molecule has 0 aliphatic heterocycles. The Hall–Kier alpha value is -3.47. The zero-order valence-corrected chi connectivity index (χ0v) is 19.0. The number of carbonyl (C=O) groups excluding carboxylic acids is 1. The molecule has 0 spiro atoms. The number of anilines is 1. The van der Waals surface area contributed by atoms with Gasteiger partial charge in [0.05, 0.1) is 6.54 Å². The van der Waals surface area contributed by atoms with Crippen LogP contribution in [0, 0.1) is 6.92 Å². The van der Waals surface area contributed by atoms with Crippen LogP contribution in [-0.4, -0.2) is 20.4 Å². The molecule has 0 aliphatic rings. The smallest absolute Gasteiger partial charge is 0.224 e. The standard InChI is InChI=1S/C27H30N4O/c1-19(2)22-13-15-23(16-14-22)29-26(32)8-4-7-25-30-24-6-5-17-28-27(24)31(25)18-21-11-9-20(3)10-12-21/h5-6,9-17,19H,4,7-8,18H2,1-3H3,(H,29,32). The Morgan fingerprint density at radius 1 is 1.03 bits per heavy atom. The van der Waals surface area contributed by atoms with E-state index in [2.05, 4.69) is 72.0 Å². The number of aromatic nitrogens is 3. The van der Waals surface area contributed by atoms with E-state index in [4.69, 9.17) is 4.98 Å². The van der Waals surface area contributed by atoms with Gasteiger partial charge < -0.3 is 9.88 Å². The maximum Gasteiger partial charge on any atom is 0.224 e. The molecule has 0 aliphatic carbocycles. The maximum absolute atomic E-state index is 12.5. The summed E-state index contributed by atoms with van der Waals surface area (Å²) in [6.07, 6.45) is 3.71. The molecule has 2 heterocycles. The number of rotatable bonds is 8. The van der Waals surface area contributed by atoms with Crippen molar-refractivity contribution >= 4 is 22.8 Å². The first-order valence-electron chi connectivity index (χ1n) is 11.2. The van der Waals surface area contributed by atoms with Crippen molar-refractivity contribution < 1.29 is 4.79 Å². The van der Waals surface area contributed by atoms with Gasteiger partial charge in [0.15, 0.2) is 5.65 Å². The van der Waals surface area contributed by atoms with Crippen molar-refractivity contribution in [2.24, 2.45) is 0 Å². The Morgan fingerprint density at radius 2 is 1.78 bits per heavy atom. The summed E-state index contributed by atoms with van der Waals surface area (Å²) in [6, 6.07) is 20.5. The van der Waals surface area contributed by atoms with Crippen LogP contribution in [0.4, 0.5) is 5.69 Å². The van der Waals surface area contributed by atoms with Crippen LogP contribution in [0.25, 0.3) is 11.2 Å². The van der Waals surface area contributed by atoms with Crippen LogP contribution in [-0.2, 0) is 17.8 Å². The van der Waals surface area contributed by atoms with Gasteiger partial charge in [-0.2, -0.15) is 0 Å². The van der Waals surface area contributed by atoms with Gasteiger partial charge in [-0.25, -0.2) is 9.97 Å². The molecule has 1 N–H and O–H groups in total. The van der Waals surface area contributed by atoms with Crippen molar-refractivity contribution in [2.45, 2.75) is 52.5 Å². The minimum atomic E-state index is 0.0293. The highest BCUT2D eigenvalue weighted by atomic mass is 16.1. The van der Waals surface area contributed by atoms with Crippen LogP contribution in [0.3, 0.4) is 0 Å². The van der Waals surface area contributed by atoms with Crippen LogP contribution in [0.15, 0.2) is 66.9 Å². The van der Waals surface area contributed by atoms with E-state index in [9.17, 15) is 4.79 Å². The number of benzene rings is 2. The van der Waals surface area contributed by atoms with E-state index in [1.54, 1.807) is 6.20 Å². The summed E-state index contributed by atoms with van der Waals surface area (Å²) in [6.45, 7) is 7.13. The molecule has 0 radical (unpaired) electrons. The van der Waals surface area contributed by atoms with E-state index < -0.39 is 0 Å². The lowest BCUT2D eigenvalue weighted by molar-refractivity contribution is -0.116. The molecular formula is C27H30N4O. The molecule has 0 unspecified atom stereocenters. The molecule has 164 valence electrons. The van der Waals surface area contributed by atoms with Crippen LogP contribution in [0.2, 0.25) is 0 Å². The van der Waals surface area contributed by atoms with E-state index >= 15 is 0 Å². The van der Waals surface area contributed by atoms with Gasteiger partial charge >= 0.3 is 0 Å². The molecule has 1 amide bonds. The van der Waals surface area contributed by atoms with E-state index in [-0.39, 0.29) is 5.91 Å². The van der Waals surface area contributed by atoms with Crippen LogP contribution in [0.1, 0.15) is 55.1 Å². The fourth-order valence-electron chi connectivity index (χ4n) is 3.82. The summed E-state index contributed by atoms with van der Waals surface area (Å²) in [7, 11) is 0. The third kappa shape index (κ3) is 5.22. The Balaban J connectivity index is 1.41. The van der Waals surface area contributed by atoms with E-state index in [0.29, 0.717) is 12.3 Å². The lowest BCUT2D eigenvalue weighted by Crippen LogP contribution is -2.12. The second-order valence-corrected chi connectivity index (χ2v) is 8.62. The molecule has 0 atom stereocenters. The quantitative estimate of drug-likeness (QED) is 0.383. The number of fused-ring (bicyclic) bond motifs is 1. The topological polar surface area (TPSA) is 59.8 Å². The molecule has 2 aromatic carbocycles. The van der Waals surface area contributed by atoms with Gasteiger partial charge in [0.1, 0.15) is 11.3 Å². The number of pyridine rings is 1. The number of imidazole rings is 1. The SMILES string of the molecule is Cc1ccc(Cn2c(CCCC(=O)Nc3ccc(C(C)C)cc3)nc3cccnc32)cc1. The Kier molecular flexibility index (Phi) is 6.64. The fraction of sp³-hybridized carbons (Fsp3) is 0.296. The number of nitrogens with zero attached hydrogens (tertiary/aromatic N) is 3. The van der Waals surface area contributed by atoms with Crippen LogP contribution < -0.4 is 5.32 Å². The summed E-state index contributed by atoms with van der Waals surface area (Å²) < 4.78 is 2.17. The molecular weight excluding hydrogens is 396 g/mol. The first-order valence-corrected chi connectivity index (χ1v) is 11.2. The highest BCUT2D eigenvalue weighted by Gasteiger charge is 2.13. The predicted octanol–water partition coefficient (Wildman–Crippen LogP) is 5.87. The average molecular weight is 427 g/mol. The van der Waals surface area contributed by atoms with Gasteiger partial charge in [-0.1, -0.05) is 55.8 Å². The summed E-state index contributed by atoms with van der Waals surface area (Å²) in [5.74, 6) is 1.48. The molecule has 5 heteroatoms. The number of hydrogen-bond donors (Lipinski definition) is 1. The predicted molar refractivity (Wildman–Crippen MR) is 130 cm³/mol. The molecule has 5 nitrogen and oxygen atoms in total. The van der Waals surface area contributed by atoms with Crippen LogP contribution in [0.5, 0.6) is 0 Å². The highest BCUT2D eigenvalue weighted by molar-refractivity contribution is 5.90. The number of amides is 1. The largest absolute Gasteiger partial charge is 0.326 e. The highest BCUT2D eigenvalue weighted by Crippen LogP contribution is 2.19. The lowest BCUT2D eigenvalue weighted by atomic mass is 10.0. The average Bonchev–Trinajstić information content (AvgIpc) is 3.13. The molecule has 0 saturated heterocycles. The monoisotopic (exact) mass is 426 g/mol. The van der Waals surface area contributed by atoms with Crippen molar-refractivity contribution in [1.29, 1.82) is 0 Å². The first-order chi connectivity index (χ1) is 15.5. The summed E-state index contributed by atoms with van der Waals surface area (Å²) in [5, 5.41) is 3.00. The minimum Gasteiger partial charge on any atom is -0.326 e. The molecule has 0 saturated carbocycles. The first kappa shape index (κ1) is 21.8. The Morgan fingerprint density at radius 3 is 2.50 bits per heavy atom. The molecule has 2 aromatic heterocycles. The maximum atomic E-state index is 12.5. The van der Waals surface area contributed by atoms with Crippen molar-refractivity contribution in [2.75, 3.05) is 5.32 Å². The molecule has 4 rings (SSSR count). The van der Waals surface area contributed by atoms with E-state index in [0.717, 1.165) is 42.1 Å². The fourth-order valence-corrected chi connectivity index (χ4v) is 3.82. The van der Waals surface area contributed by atoms with Crippen molar-refractivity contribution in [3.05, 3.63) is 89.4 Å². The van der Waals surface area contributed by atoms with E-state index in [1.165, 1.54) is 16.7 Å². The number of carbonyl (C=O) groups is 1. The van der Waals surface area contributed by atoms with Crippen molar-refractivity contribution in [1.82, 2.24) is 14.5 Å². The number of nitrogens with one attached hydrogen (secondary N) is 1. The normalized spacial score (nSPS) is 11.2. The van der Waals surface area contributed by atoms with E-state index in [1.807, 2.05) is 24.3 Å². The van der Waals surface area contributed by atoms with Crippen LogP contribution >= 0.6 is 0 Å². The van der Waals surface area contributed by atoms with Gasteiger partial charge in [0.25, 0.3) is 0 Å². The van der Waals surface area contributed by atoms with Gasteiger partial charge in [-0.05, 0) is 54.7 Å². The Labute approximate surface area is 189 Å². The third-order valence-corrected chi connectivity index (χ3v) is 5.71. The van der Waals surface area contributed by atoms with Gasteiger partial charge in [-0.3, -0.25) is 4.79 Å². The summed E-state index contributed by atoms with van der Waals surface area (Å²) >= 11 is 0. The molecule has 32 heavy (non-hydrogen) atoms. The lowest BCUT2D eigenvalue weighted by Gasteiger charge is -2.10. The molecule has 0 fully saturated rings. The zero-order valence-electron chi connectivity index (χ0n) is 19.0. The molecule has 0 bridgehead atoms. The second kappa shape index (κ2) is 9.77. The number of aryl methyl sites for hydroxylation is 2. The summed E-state index contributed by atoms with van der Waals surface area (Å²) in [4.78, 5) is 21.8. The van der Waals surface area contributed by atoms with Crippen molar-refractivity contribution in [3.8, 4) is 0 Å². The van der Waals surface area contributed by atoms with Crippen molar-refractivity contribution in [3.63, 3.8) is 0 Å². The molecule has 4 aromatic rings. The zero-order chi connectivity index (χ0) is 22.5. The second-order valence-electron chi connectivity index (χ2n) is 8.62. The number of hydrogen-bond acceptors (Lipinski definition) is 3. The summed E-state index contributed by atoms with van der Waals surface area (Å²) in [5.41, 5.74) is 6.35.